The number of ketones is 1. The molecule has 0 fully saturated rings. The van der Waals surface area contributed by atoms with Crippen molar-refractivity contribution in [3.05, 3.63) is 39.6 Å². The second kappa shape index (κ2) is 6.43. The summed E-state index contributed by atoms with van der Waals surface area (Å²) >= 11 is 0. The number of unbranched alkanes of at least 4 members (excludes halogenated alkanes) is 1. The molecule has 1 heterocycles. The molecule has 1 aliphatic carbocycles. The fraction of sp³-hybridized carbons (Fsp3) is 0.474. The van der Waals surface area contributed by atoms with Crippen LogP contribution in [0.2, 0.25) is 0 Å². The number of nitrogens with zero attached hydrogens (tertiary/aromatic N) is 2. The summed E-state index contributed by atoms with van der Waals surface area (Å²) < 4.78 is 0. The second-order valence-electron chi connectivity index (χ2n) is 7.49. The molecule has 0 saturated heterocycles. The van der Waals surface area contributed by atoms with Gasteiger partial charge in [0.15, 0.2) is 5.78 Å². The van der Waals surface area contributed by atoms with E-state index in [0.29, 0.717) is 28.6 Å². The molecule has 25 heavy (non-hydrogen) atoms. The lowest BCUT2D eigenvalue weighted by Crippen LogP contribution is -2.29. The molecule has 0 radical (unpaired) electrons. The first kappa shape index (κ1) is 17.3. The Morgan fingerprint density at radius 1 is 1.32 bits per heavy atom. The van der Waals surface area contributed by atoms with Crippen molar-refractivity contribution in [2.75, 3.05) is 11.9 Å². The van der Waals surface area contributed by atoms with E-state index < -0.39 is 4.92 Å². The minimum atomic E-state index is -0.417. The molecule has 132 valence electrons. The van der Waals surface area contributed by atoms with Gasteiger partial charge in [0.25, 0.3) is 5.69 Å². The van der Waals surface area contributed by atoms with Gasteiger partial charge in [0.2, 0.25) is 0 Å². The average molecular weight is 341 g/mol. The summed E-state index contributed by atoms with van der Waals surface area (Å²) in [5.41, 5.74) is 2.69. The van der Waals surface area contributed by atoms with Crippen LogP contribution in [-0.4, -0.2) is 22.2 Å². The Morgan fingerprint density at radius 3 is 2.76 bits per heavy atom. The van der Waals surface area contributed by atoms with E-state index in [9.17, 15) is 14.9 Å². The highest BCUT2D eigenvalue weighted by Gasteiger charge is 2.34. The zero-order valence-electron chi connectivity index (χ0n) is 14.9. The number of nitrogens with one attached hydrogen (secondary N) is 1. The summed E-state index contributed by atoms with van der Waals surface area (Å²) in [6.07, 6.45) is 3.18. The number of nitro benzene ring substituents is 1. The van der Waals surface area contributed by atoms with Crippen LogP contribution in [0.25, 0.3) is 10.9 Å². The summed E-state index contributed by atoms with van der Waals surface area (Å²) in [7, 11) is 0. The van der Waals surface area contributed by atoms with E-state index in [-0.39, 0.29) is 16.9 Å². The molecular formula is C19H23N3O3. The van der Waals surface area contributed by atoms with Crippen molar-refractivity contribution < 1.29 is 9.72 Å². The van der Waals surface area contributed by atoms with Gasteiger partial charge < -0.3 is 5.32 Å². The van der Waals surface area contributed by atoms with E-state index >= 15 is 0 Å². The van der Waals surface area contributed by atoms with Crippen LogP contribution in [0.1, 0.15) is 56.1 Å². The Hall–Kier alpha value is -2.50. The fourth-order valence-electron chi connectivity index (χ4n) is 3.46. The predicted octanol–water partition coefficient (Wildman–Crippen LogP) is 4.51. The number of hydrogen-bond acceptors (Lipinski definition) is 5. The Labute approximate surface area is 146 Å². The molecule has 1 aromatic carbocycles. The van der Waals surface area contributed by atoms with Gasteiger partial charge in [0.1, 0.15) is 0 Å². The van der Waals surface area contributed by atoms with Crippen LogP contribution in [0, 0.1) is 15.5 Å². The van der Waals surface area contributed by atoms with Gasteiger partial charge in [-0.1, -0.05) is 27.2 Å². The average Bonchev–Trinajstić information content (AvgIpc) is 2.52. The molecule has 0 bridgehead atoms. The molecule has 0 amide bonds. The predicted molar refractivity (Wildman–Crippen MR) is 98.2 cm³/mol. The van der Waals surface area contributed by atoms with Crippen molar-refractivity contribution in [1.29, 1.82) is 0 Å². The van der Waals surface area contributed by atoms with E-state index in [1.807, 2.05) is 0 Å². The molecule has 2 aromatic rings. The largest absolute Gasteiger partial charge is 0.384 e. The number of aromatic nitrogens is 1. The molecule has 0 saturated carbocycles. The minimum absolute atomic E-state index is 0.0105. The zero-order chi connectivity index (χ0) is 18.2. The smallest absolute Gasteiger partial charge is 0.270 e. The zero-order valence-corrected chi connectivity index (χ0v) is 14.9. The Balaban J connectivity index is 2.23. The van der Waals surface area contributed by atoms with Crippen molar-refractivity contribution in [1.82, 2.24) is 4.98 Å². The third-order valence-electron chi connectivity index (χ3n) is 4.65. The number of nitro groups is 1. The fourth-order valence-corrected chi connectivity index (χ4v) is 3.46. The van der Waals surface area contributed by atoms with Crippen LogP contribution >= 0.6 is 0 Å². The highest BCUT2D eigenvalue weighted by Crippen LogP contribution is 2.40. The molecule has 3 rings (SSSR count). The van der Waals surface area contributed by atoms with Gasteiger partial charge in [-0.15, -0.1) is 0 Å². The normalized spacial score (nSPS) is 15.9. The maximum atomic E-state index is 12.8. The van der Waals surface area contributed by atoms with Gasteiger partial charge in [-0.3, -0.25) is 19.9 Å². The summed E-state index contributed by atoms with van der Waals surface area (Å²) in [5.74, 6) is 0.0613. The number of hydrogen-bond donors (Lipinski definition) is 1. The van der Waals surface area contributed by atoms with Gasteiger partial charge in [-0.25, -0.2) is 0 Å². The van der Waals surface area contributed by atoms with Crippen LogP contribution in [0.5, 0.6) is 0 Å². The second-order valence-corrected chi connectivity index (χ2v) is 7.49. The van der Waals surface area contributed by atoms with Gasteiger partial charge in [-0.05, 0) is 24.3 Å². The topological polar surface area (TPSA) is 85.1 Å². The third kappa shape index (κ3) is 3.34. The lowest BCUT2D eigenvalue weighted by Gasteiger charge is -2.31. The first-order valence-electron chi connectivity index (χ1n) is 8.70. The van der Waals surface area contributed by atoms with Crippen molar-refractivity contribution in [2.45, 2.75) is 46.5 Å². The van der Waals surface area contributed by atoms with Gasteiger partial charge >= 0.3 is 0 Å². The minimum Gasteiger partial charge on any atom is -0.384 e. The lowest BCUT2D eigenvalue weighted by atomic mass is 9.75. The Morgan fingerprint density at radius 2 is 2.08 bits per heavy atom. The van der Waals surface area contributed by atoms with Crippen molar-refractivity contribution >= 4 is 28.1 Å². The van der Waals surface area contributed by atoms with Crippen LogP contribution in [0.15, 0.2) is 18.2 Å². The van der Waals surface area contributed by atoms with Crippen LogP contribution in [-0.2, 0) is 6.42 Å². The number of rotatable bonds is 5. The van der Waals surface area contributed by atoms with E-state index in [2.05, 4.69) is 31.1 Å². The van der Waals surface area contributed by atoms with Crippen molar-refractivity contribution in [2.24, 2.45) is 5.41 Å². The number of anilines is 1. The number of carbonyl (C=O) groups excluding carboxylic acids is 1. The molecule has 6 nitrogen and oxygen atoms in total. The summed E-state index contributed by atoms with van der Waals surface area (Å²) in [5, 5.41) is 15.2. The number of pyridine rings is 1. The van der Waals surface area contributed by atoms with Crippen LogP contribution in [0.3, 0.4) is 0 Å². The van der Waals surface area contributed by atoms with Gasteiger partial charge in [0, 0.05) is 30.5 Å². The summed E-state index contributed by atoms with van der Waals surface area (Å²) in [4.78, 5) is 28.2. The number of fused-ring (bicyclic) bond motifs is 2. The lowest BCUT2D eigenvalue weighted by molar-refractivity contribution is -0.384. The van der Waals surface area contributed by atoms with E-state index in [1.54, 1.807) is 6.07 Å². The van der Waals surface area contributed by atoms with Gasteiger partial charge in [-0.2, -0.15) is 0 Å². The van der Waals surface area contributed by atoms with E-state index in [1.165, 1.54) is 12.1 Å². The standard InChI is InChI=1S/C19H23N3O3/c1-4-5-8-20-18-13-9-12(22(24)25)6-7-14(13)21-15-10-19(2,3)11-16(23)17(15)18/h6-7,9H,4-5,8,10-11H2,1-3H3,(H,20,21). The maximum Gasteiger partial charge on any atom is 0.270 e. The van der Waals surface area contributed by atoms with Gasteiger partial charge in [0.05, 0.1) is 27.4 Å². The molecular weight excluding hydrogens is 318 g/mol. The van der Waals surface area contributed by atoms with Crippen LogP contribution < -0.4 is 5.32 Å². The number of Topliss-reactive ketones (excluding diaryl/α,β-unsaturated/α-hetero) is 1. The summed E-state index contributed by atoms with van der Waals surface area (Å²) in [6, 6.07) is 4.65. The quantitative estimate of drug-likeness (QED) is 0.491. The third-order valence-corrected chi connectivity index (χ3v) is 4.65. The van der Waals surface area contributed by atoms with Crippen molar-refractivity contribution in [3.63, 3.8) is 0 Å². The number of benzene rings is 1. The molecule has 0 atom stereocenters. The molecule has 0 aliphatic heterocycles. The highest BCUT2D eigenvalue weighted by molar-refractivity contribution is 6.10. The first-order valence-corrected chi connectivity index (χ1v) is 8.70. The maximum absolute atomic E-state index is 12.8. The van der Waals surface area contributed by atoms with E-state index in [4.69, 9.17) is 0 Å². The molecule has 1 N–H and O–H groups in total. The molecule has 6 heteroatoms. The van der Waals surface area contributed by atoms with Crippen LogP contribution in [0.4, 0.5) is 11.4 Å². The molecule has 0 unspecified atom stereocenters. The monoisotopic (exact) mass is 341 g/mol. The van der Waals surface area contributed by atoms with E-state index in [0.717, 1.165) is 31.5 Å². The number of carbonyl (C=O) groups is 1. The molecule has 0 spiro atoms. The number of non-ortho nitro benzene ring substituents is 1. The Bertz CT molecular complexity index is 859. The SMILES string of the molecule is CCCCNc1c2c(nc3ccc([N+](=O)[O-])cc13)CC(C)(C)CC2=O. The highest BCUT2D eigenvalue weighted by atomic mass is 16.6. The summed E-state index contributed by atoms with van der Waals surface area (Å²) in [6.45, 7) is 6.96. The molecule has 1 aromatic heterocycles. The van der Waals surface area contributed by atoms with Crippen molar-refractivity contribution in [3.8, 4) is 0 Å². The molecule has 1 aliphatic rings. The Kier molecular flexibility index (Phi) is 4.45. The first-order chi connectivity index (χ1) is 11.8.